The van der Waals surface area contributed by atoms with Crippen molar-refractivity contribution < 1.29 is 19.4 Å². The molecule has 1 aromatic rings. The van der Waals surface area contributed by atoms with Crippen LogP contribution in [0.15, 0.2) is 18.2 Å². The van der Waals surface area contributed by atoms with Crippen LogP contribution >= 0.6 is 0 Å². The highest BCUT2D eigenvalue weighted by Crippen LogP contribution is 2.50. The molecule has 3 aliphatic rings. The number of benzene rings is 1. The first-order valence-corrected chi connectivity index (χ1v) is 7.89. The fourth-order valence-corrected chi connectivity index (χ4v) is 3.70. The second-order valence-electron chi connectivity index (χ2n) is 6.57. The fourth-order valence-electron chi connectivity index (χ4n) is 3.70. The molecule has 1 aliphatic heterocycles. The lowest BCUT2D eigenvalue weighted by atomic mass is 9.91. The van der Waals surface area contributed by atoms with Crippen LogP contribution in [0.4, 0.5) is 0 Å². The lowest BCUT2D eigenvalue weighted by Gasteiger charge is -2.21. The average molecular weight is 288 g/mol. The van der Waals surface area contributed by atoms with Gasteiger partial charge in [0.2, 0.25) is 0 Å². The summed E-state index contributed by atoms with van der Waals surface area (Å²) in [6.45, 7) is 0. The number of hydrogen-bond donors (Lipinski definition) is 1. The summed E-state index contributed by atoms with van der Waals surface area (Å²) in [6, 6.07) is 5.98. The second-order valence-corrected chi connectivity index (χ2v) is 6.57. The Bertz CT molecular complexity index is 570. The number of fused-ring (bicyclic) bond motifs is 1. The van der Waals surface area contributed by atoms with Crippen LogP contribution in [0.1, 0.15) is 56.4 Å². The SMILES string of the molecule is O=C(O)CC(c1ccc2c(c1)OC1(CCCC1)O2)C1CC1. The van der Waals surface area contributed by atoms with Gasteiger partial charge in [0.15, 0.2) is 11.5 Å². The van der Waals surface area contributed by atoms with E-state index >= 15 is 0 Å². The van der Waals surface area contributed by atoms with E-state index in [-0.39, 0.29) is 12.3 Å². The van der Waals surface area contributed by atoms with Gasteiger partial charge in [-0.05, 0) is 55.2 Å². The minimum Gasteiger partial charge on any atom is -0.481 e. The molecular formula is C17H20O4. The van der Waals surface area contributed by atoms with Crippen LogP contribution in [0, 0.1) is 5.92 Å². The number of carbonyl (C=O) groups is 1. The molecule has 21 heavy (non-hydrogen) atoms. The van der Waals surface area contributed by atoms with Gasteiger partial charge >= 0.3 is 5.97 Å². The van der Waals surface area contributed by atoms with Crippen molar-refractivity contribution >= 4 is 5.97 Å². The molecule has 2 fully saturated rings. The molecule has 1 spiro atoms. The zero-order valence-corrected chi connectivity index (χ0v) is 12.0. The third-order valence-electron chi connectivity index (χ3n) is 4.94. The summed E-state index contributed by atoms with van der Waals surface area (Å²) in [4.78, 5) is 11.1. The van der Waals surface area contributed by atoms with Crippen LogP contribution < -0.4 is 9.47 Å². The van der Waals surface area contributed by atoms with Gasteiger partial charge in [-0.2, -0.15) is 0 Å². The predicted octanol–water partition coefficient (Wildman–Crippen LogP) is 3.70. The first-order chi connectivity index (χ1) is 10.2. The Labute approximate surface area is 124 Å². The molecule has 1 N–H and O–H groups in total. The normalized spacial score (nSPS) is 23.4. The summed E-state index contributed by atoms with van der Waals surface area (Å²) in [5.74, 6) is 1.06. The van der Waals surface area contributed by atoms with Crippen LogP contribution in [0.3, 0.4) is 0 Å². The molecular weight excluding hydrogens is 268 g/mol. The van der Waals surface area contributed by atoms with Gasteiger partial charge in [0.25, 0.3) is 5.79 Å². The smallest absolute Gasteiger partial charge is 0.303 e. The van der Waals surface area contributed by atoms with Crippen molar-refractivity contribution in [2.24, 2.45) is 5.92 Å². The van der Waals surface area contributed by atoms with E-state index in [2.05, 4.69) is 0 Å². The molecule has 2 aliphatic carbocycles. The first-order valence-electron chi connectivity index (χ1n) is 7.89. The van der Waals surface area contributed by atoms with Crippen LogP contribution in [-0.2, 0) is 4.79 Å². The molecule has 112 valence electrons. The molecule has 1 unspecified atom stereocenters. The Balaban J connectivity index is 1.60. The van der Waals surface area contributed by atoms with Crippen molar-refractivity contribution in [1.29, 1.82) is 0 Å². The van der Waals surface area contributed by atoms with E-state index in [0.717, 1.165) is 55.6 Å². The molecule has 4 heteroatoms. The van der Waals surface area contributed by atoms with Crippen molar-refractivity contribution in [3.63, 3.8) is 0 Å². The lowest BCUT2D eigenvalue weighted by Crippen LogP contribution is -2.34. The van der Waals surface area contributed by atoms with Gasteiger partial charge in [0.1, 0.15) is 0 Å². The van der Waals surface area contributed by atoms with Crippen molar-refractivity contribution in [3.8, 4) is 11.5 Å². The van der Waals surface area contributed by atoms with E-state index in [1.165, 1.54) is 0 Å². The van der Waals surface area contributed by atoms with E-state index in [9.17, 15) is 4.79 Å². The van der Waals surface area contributed by atoms with E-state index in [0.29, 0.717) is 5.92 Å². The minimum atomic E-state index is -0.725. The Morgan fingerprint density at radius 3 is 2.62 bits per heavy atom. The number of hydrogen-bond acceptors (Lipinski definition) is 3. The third-order valence-corrected chi connectivity index (χ3v) is 4.94. The van der Waals surface area contributed by atoms with Gasteiger partial charge in [0, 0.05) is 12.8 Å². The van der Waals surface area contributed by atoms with Gasteiger partial charge in [-0.1, -0.05) is 6.07 Å². The van der Waals surface area contributed by atoms with Crippen molar-refractivity contribution in [2.45, 2.75) is 56.7 Å². The molecule has 1 atom stereocenters. The van der Waals surface area contributed by atoms with Crippen molar-refractivity contribution in [1.82, 2.24) is 0 Å². The molecule has 4 rings (SSSR count). The predicted molar refractivity (Wildman–Crippen MR) is 76.6 cm³/mol. The number of carboxylic acids is 1. The van der Waals surface area contributed by atoms with Crippen LogP contribution in [0.5, 0.6) is 11.5 Å². The van der Waals surface area contributed by atoms with E-state index in [1.807, 2.05) is 18.2 Å². The van der Waals surface area contributed by atoms with Gasteiger partial charge in [-0.3, -0.25) is 4.79 Å². The van der Waals surface area contributed by atoms with Gasteiger partial charge < -0.3 is 14.6 Å². The maximum atomic E-state index is 11.1. The van der Waals surface area contributed by atoms with Crippen molar-refractivity contribution in [2.75, 3.05) is 0 Å². The molecule has 1 aromatic carbocycles. The number of ether oxygens (including phenoxy) is 2. The summed E-state index contributed by atoms with van der Waals surface area (Å²) in [7, 11) is 0. The third kappa shape index (κ3) is 2.37. The number of carboxylic acid groups (broad SMARTS) is 1. The Hall–Kier alpha value is -1.71. The lowest BCUT2D eigenvalue weighted by molar-refractivity contribution is -0.137. The minimum absolute atomic E-state index is 0.108. The van der Waals surface area contributed by atoms with Gasteiger partial charge in [-0.25, -0.2) is 0 Å². The van der Waals surface area contributed by atoms with E-state index < -0.39 is 11.8 Å². The molecule has 1 heterocycles. The van der Waals surface area contributed by atoms with Crippen LogP contribution in [0.2, 0.25) is 0 Å². The van der Waals surface area contributed by atoms with Gasteiger partial charge in [0.05, 0.1) is 6.42 Å². The molecule has 0 amide bonds. The summed E-state index contributed by atoms with van der Waals surface area (Å²) >= 11 is 0. The van der Waals surface area contributed by atoms with Crippen LogP contribution in [-0.4, -0.2) is 16.9 Å². The highest BCUT2D eigenvalue weighted by Gasteiger charge is 2.44. The molecule has 4 nitrogen and oxygen atoms in total. The Morgan fingerprint density at radius 1 is 1.24 bits per heavy atom. The second kappa shape index (κ2) is 4.65. The fraction of sp³-hybridized carbons (Fsp3) is 0.588. The molecule has 0 saturated heterocycles. The standard InChI is InChI=1S/C17H20O4/c18-16(19)10-13(11-3-4-11)12-5-6-14-15(9-12)21-17(20-14)7-1-2-8-17/h5-6,9,11,13H,1-4,7-8,10H2,(H,18,19). The highest BCUT2D eigenvalue weighted by atomic mass is 16.7. The quantitative estimate of drug-likeness (QED) is 0.918. The Kier molecular flexibility index (Phi) is 2.88. The monoisotopic (exact) mass is 288 g/mol. The average Bonchev–Trinajstić information content (AvgIpc) is 3.09. The summed E-state index contributed by atoms with van der Waals surface area (Å²) in [5, 5.41) is 9.13. The summed E-state index contributed by atoms with van der Waals surface area (Å²) in [5.41, 5.74) is 1.08. The molecule has 0 radical (unpaired) electrons. The maximum Gasteiger partial charge on any atom is 0.303 e. The summed E-state index contributed by atoms with van der Waals surface area (Å²) in [6.07, 6.45) is 6.65. The van der Waals surface area contributed by atoms with E-state index in [1.54, 1.807) is 0 Å². The van der Waals surface area contributed by atoms with Gasteiger partial charge in [-0.15, -0.1) is 0 Å². The number of aliphatic carboxylic acids is 1. The summed E-state index contributed by atoms with van der Waals surface area (Å²) < 4.78 is 12.1. The maximum absolute atomic E-state index is 11.1. The highest BCUT2D eigenvalue weighted by molar-refractivity contribution is 5.68. The van der Waals surface area contributed by atoms with E-state index in [4.69, 9.17) is 14.6 Å². The zero-order valence-electron chi connectivity index (χ0n) is 12.0. The van der Waals surface area contributed by atoms with Crippen LogP contribution in [0.25, 0.3) is 0 Å². The zero-order chi connectivity index (χ0) is 14.4. The topological polar surface area (TPSA) is 55.8 Å². The largest absolute Gasteiger partial charge is 0.481 e. The number of rotatable bonds is 4. The molecule has 0 bridgehead atoms. The van der Waals surface area contributed by atoms with Crippen molar-refractivity contribution in [3.05, 3.63) is 23.8 Å². The Morgan fingerprint density at radius 2 is 1.95 bits per heavy atom. The molecule has 2 saturated carbocycles. The molecule has 0 aromatic heterocycles. The first kappa shape index (κ1) is 13.0.